The van der Waals surface area contributed by atoms with Crippen molar-refractivity contribution < 1.29 is 38.6 Å². The summed E-state index contributed by atoms with van der Waals surface area (Å²) in [6.07, 6.45) is 37.1. The lowest BCUT2D eigenvalue weighted by atomic mass is 10.0. The van der Waals surface area contributed by atoms with Gasteiger partial charge in [0.1, 0.15) is 18.3 Å². The highest BCUT2D eigenvalue weighted by Gasteiger charge is 2.46. The van der Waals surface area contributed by atoms with Gasteiger partial charge in [-0.25, -0.2) is 4.57 Å². The number of rotatable bonds is 33. The van der Waals surface area contributed by atoms with Gasteiger partial charge in [-0.15, -0.1) is 0 Å². The molecule has 4 N–H and O–H groups in total. The number of ether oxygens (including phenoxy) is 1. The minimum Gasteiger partial charge on any atom is -0.394 e. The van der Waals surface area contributed by atoms with Gasteiger partial charge in [0, 0.05) is 0 Å². The largest absolute Gasteiger partial charge is 0.474 e. The molecule has 0 aliphatic carbocycles. The number of hydrogen-bond acceptors (Lipinski definition) is 7. The summed E-state index contributed by atoms with van der Waals surface area (Å²) in [7, 11) is -4.55. The quantitative estimate of drug-likeness (QED) is 0.0379. The molecule has 0 saturated carbocycles. The molecule has 0 bridgehead atoms. The highest BCUT2D eigenvalue weighted by Crippen LogP contribution is 2.46. The molecule has 1 aliphatic heterocycles. The molecule has 0 aromatic rings. The Balaban J connectivity index is 2.25. The van der Waals surface area contributed by atoms with Crippen LogP contribution in [-0.2, 0) is 18.3 Å². The molecule has 0 radical (unpaired) electrons. The molecule has 0 aromatic carbocycles. The standard InChI is InChI=1S/C55H91O8P/c1-42(2)21-12-22-43(3)23-13-24-44(4)25-14-26-45(5)27-15-28-46(6)29-16-30-47(7)31-17-32-48(8)33-18-34-49(9)35-19-36-50(10)37-20-38-51(11)39-40-61-64(59,60)63-55-54(58)53(57)52(41-56)62-55/h21,23,25,27,29,31,33,35,37,39,52-58H,12-20,22,24,26,28,30,32,34,36,38,40-41H2,1-11H3,(H,59,60)/b43-23+,44-25-,45-27-,46-29-,47-31-,48-33-,49-35-,50-37-,51-39-/t52-,53-,54+,55+/m1/s1/i55+2. The molecular formula is C55H91O8P. The SMILES string of the molecule is CC(C)=CCC/C(C)=C/CC/C(C)=C\CC/C(C)=C\CC/C(C)=C\CC/C(C)=C\CC/C(C)=C\CC/C(C)=C\CC/C(C)=C\CC/C(C)=C\COP(=O)(O)O[14C@@H]1O[C@H](CO)[C@@H](O)[C@@H]1O. The molecule has 8 nitrogen and oxygen atoms in total. The van der Waals surface area contributed by atoms with Gasteiger partial charge in [-0.2, -0.15) is 0 Å². The Bertz CT molecular complexity index is 1710. The first-order valence-corrected chi connectivity index (χ1v) is 25.6. The van der Waals surface area contributed by atoms with E-state index in [-0.39, 0.29) is 6.61 Å². The lowest BCUT2D eigenvalue weighted by Gasteiger charge is -2.18. The number of phosphoric ester groups is 1. The molecule has 0 spiro atoms. The Morgan fingerprint density at radius 1 is 0.484 bits per heavy atom. The van der Waals surface area contributed by atoms with Crippen molar-refractivity contribution in [3.05, 3.63) is 116 Å². The molecule has 64 heavy (non-hydrogen) atoms. The molecule has 364 valence electrons. The van der Waals surface area contributed by atoms with Crippen molar-refractivity contribution in [3.63, 3.8) is 0 Å². The van der Waals surface area contributed by atoms with Gasteiger partial charge < -0.3 is 24.9 Å². The van der Waals surface area contributed by atoms with Crippen molar-refractivity contribution in [1.82, 2.24) is 0 Å². The summed E-state index contributed by atoms with van der Waals surface area (Å²) in [5.41, 5.74) is 14.2. The first kappa shape index (κ1) is 59.4. The Hall–Kier alpha value is -2.65. The second-order valence-electron chi connectivity index (χ2n) is 18.7. The predicted molar refractivity (Wildman–Crippen MR) is 271 cm³/mol. The van der Waals surface area contributed by atoms with E-state index in [1.54, 1.807) is 6.08 Å². The minimum atomic E-state index is -4.55. The van der Waals surface area contributed by atoms with Crippen molar-refractivity contribution in [2.45, 2.75) is 216 Å². The maximum Gasteiger partial charge on any atom is 0.474 e. The molecule has 0 aromatic heterocycles. The highest BCUT2D eigenvalue weighted by molar-refractivity contribution is 7.47. The van der Waals surface area contributed by atoms with Gasteiger partial charge in [-0.05, 0) is 192 Å². The van der Waals surface area contributed by atoms with E-state index in [4.69, 9.17) is 18.9 Å². The number of allylic oxidation sites excluding steroid dienone is 19. The second-order valence-corrected chi connectivity index (χ2v) is 20.1. The molecule has 1 aliphatic rings. The van der Waals surface area contributed by atoms with E-state index in [1.165, 1.54) is 63.0 Å². The molecule has 1 heterocycles. The third-order valence-corrected chi connectivity index (χ3v) is 12.7. The molecule has 0 amide bonds. The van der Waals surface area contributed by atoms with Crippen LogP contribution in [-0.4, -0.2) is 58.0 Å². The summed E-state index contributed by atoms with van der Waals surface area (Å²) in [6.45, 7) is 23.6. The average molecular weight is 913 g/mol. The van der Waals surface area contributed by atoms with Crippen LogP contribution in [0.25, 0.3) is 0 Å². The second kappa shape index (κ2) is 34.6. The molecule has 1 unspecified atom stereocenters. The monoisotopic (exact) mass is 913 g/mol. The van der Waals surface area contributed by atoms with Crippen molar-refractivity contribution in [2.24, 2.45) is 0 Å². The third kappa shape index (κ3) is 30.5. The molecule has 1 rings (SSSR count). The number of phosphoric acid groups is 1. The molecule has 1 saturated heterocycles. The molecular weight excluding hydrogens is 822 g/mol. The summed E-state index contributed by atoms with van der Waals surface area (Å²) >= 11 is 0. The fraction of sp³-hybridized carbons (Fsp3) is 0.636. The molecule has 5 atom stereocenters. The zero-order chi connectivity index (χ0) is 47.9. The van der Waals surface area contributed by atoms with Crippen molar-refractivity contribution >= 4 is 7.82 Å². The van der Waals surface area contributed by atoms with E-state index in [0.29, 0.717) is 0 Å². The summed E-state index contributed by atoms with van der Waals surface area (Å²) in [5, 5.41) is 28.9. The summed E-state index contributed by atoms with van der Waals surface area (Å²) in [5.74, 6) is 0. The number of hydrogen-bond donors (Lipinski definition) is 4. The number of aliphatic hydroxyl groups excluding tert-OH is 3. The van der Waals surface area contributed by atoms with E-state index in [2.05, 4.69) is 124 Å². The first-order valence-electron chi connectivity index (χ1n) is 24.1. The smallest absolute Gasteiger partial charge is 0.394 e. The Kier molecular flexibility index (Phi) is 32.1. The normalized spacial score (nSPS) is 21.2. The maximum atomic E-state index is 12.3. The maximum absolute atomic E-state index is 12.3. The van der Waals surface area contributed by atoms with E-state index < -0.39 is 39.0 Å². The Morgan fingerprint density at radius 2 is 0.750 bits per heavy atom. The van der Waals surface area contributed by atoms with Crippen LogP contribution in [0.4, 0.5) is 0 Å². The lowest BCUT2D eigenvalue weighted by molar-refractivity contribution is -0.127. The van der Waals surface area contributed by atoms with Crippen LogP contribution in [0.5, 0.6) is 0 Å². The third-order valence-electron chi connectivity index (χ3n) is 11.7. The summed E-state index contributed by atoms with van der Waals surface area (Å²) in [6, 6.07) is 0. The Labute approximate surface area is 391 Å². The van der Waals surface area contributed by atoms with Gasteiger partial charge in [0.2, 0.25) is 0 Å². The molecule has 9 heteroatoms. The molecule has 1 fully saturated rings. The Morgan fingerprint density at radius 3 is 1.00 bits per heavy atom. The van der Waals surface area contributed by atoms with E-state index in [9.17, 15) is 19.7 Å². The fourth-order valence-electron chi connectivity index (χ4n) is 7.26. The van der Waals surface area contributed by atoms with Crippen LogP contribution in [0.2, 0.25) is 0 Å². The van der Waals surface area contributed by atoms with Gasteiger partial charge in [-0.1, -0.05) is 116 Å². The van der Waals surface area contributed by atoms with Crippen LogP contribution in [0.3, 0.4) is 0 Å². The van der Waals surface area contributed by atoms with Gasteiger partial charge in [-0.3, -0.25) is 9.05 Å². The average Bonchev–Trinajstić information content (AvgIpc) is 3.47. The zero-order valence-corrected chi connectivity index (χ0v) is 43.0. The lowest BCUT2D eigenvalue weighted by Crippen LogP contribution is -2.34. The fourth-order valence-corrected chi connectivity index (χ4v) is 8.03. The van der Waals surface area contributed by atoms with Gasteiger partial charge in [0.25, 0.3) is 0 Å². The van der Waals surface area contributed by atoms with Crippen LogP contribution in [0.1, 0.15) is 192 Å². The van der Waals surface area contributed by atoms with Crippen LogP contribution >= 0.6 is 7.82 Å². The minimum absolute atomic E-state index is 0.153. The topological polar surface area (TPSA) is 126 Å². The van der Waals surface area contributed by atoms with E-state index >= 15 is 0 Å². The van der Waals surface area contributed by atoms with Crippen molar-refractivity contribution in [3.8, 4) is 0 Å². The predicted octanol–water partition coefficient (Wildman–Crippen LogP) is 15.1. The van der Waals surface area contributed by atoms with Crippen LogP contribution < -0.4 is 0 Å². The van der Waals surface area contributed by atoms with E-state index in [0.717, 1.165) is 108 Å². The van der Waals surface area contributed by atoms with Gasteiger partial charge in [0.15, 0.2) is 6.29 Å². The highest BCUT2D eigenvalue weighted by atomic mass is 31.2. The summed E-state index contributed by atoms with van der Waals surface area (Å²) in [4.78, 5) is 9.97. The van der Waals surface area contributed by atoms with Crippen LogP contribution in [0.15, 0.2) is 116 Å². The summed E-state index contributed by atoms with van der Waals surface area (Å²) < 4.78 is 27.2. The van der Waals surface area contributed by atoms with Crippen molar-refractivity contribution in [1.29, 1.82) is 0 Å². The zero-order valence-electron chi connectivity index (χ0n) is 42.1. The first-order chi connectivity index (χ1) is 30.3. The van der Waals surface area contributed by atoms with Gasteiger partial charge >= 0.3 is 7.82 Å². The van der Waals surface area contributed by atoms with Crippen molar-refractivity contribution in [2.75, 3.05) is 13.2 Å². The van der Waals surface area contributed by atoms with Crippen LogP contribution in [0, 0.1) is 0 Å². The number of aliphatic hydroxyl groups is 3. The van der Waals surface area contributed by atoms with E-state index in [1.807, 2.05) is 6.92 Å². The van der Waals surface area contributed by atoms with Gasteiger partial charge in [0.05, 0.1) is 13.2 Å².